The highest BCUT2D eigenvalue weighted by molar-refractivity contribution is 9.25. The van der Waals surface area contributed by atoms with E-state index in [1.165, 1.54) is 0 Å². The first-order chi connectivity index (χ1) is 3.60. The predicted molar refractivity (Wildman–Crippen MR) is 35.9 cm³/mol. The van der Waals surface area contributed by atoms with E-state index in [1.54, 1.807) is 0 Å². The highest BCUT2D eigenvalue weighted by atomic mass is 79.9. The molecule has 1 saturated heterocycles. The summed E-state index contributed by atoms with van der Waals surface area (Å²) < 4.78 is 4.18. The summed E-state index contributed by atoms with van der Waals surface area (Å²) in [6, 6.07) is 0. The van der Waals surface area contributed by atoms with Gasteiger partial charge in [-0.3, -0.25) is 4.79 Å². The van der Waals surface area contributed by atoms with Crippen LogP contribution in [0.4, 0.5) is 0 Å². The smallest absolute Gasteiger partial charge is 0.308 e. The quantitative estimate of drug-likeness (QED) is 0.479. The summed E-state index contributed by atoms with van der Waals surface area (Å²) in [4.78, 5) is 10.4. The average molecular weight is 244 g/mol. The SMILES string of the molecule is O=C1CCC(Br)(Br)O1. The number of alkyl halides is 2. The Balaban J connectivity index is 2.56. The maximum Gasteiger partial charge on any atom is 0.308 e. The first-order valence-corrected chi connectivity index (χ1v) is 3.78. The Morgan fingerprint density at radius 3 is 2.38 bits per heavy atom. The van der Waals surface area contributed by atoms with Crippen LogP contribution in [0.5, 0.6) is 0 Å². The van der Waals surface area contributed by atoms with Crippen molar-refractivity contribution in [1.29, 1.82) is 0 Å². The van der Waals surface area contributed by atoms with Gasteiger partial charge in [-0.15, -0.1) is 0 Å². The van der Waals surface area contributed by atoms with Gasteiger partial charge in [0, 0.05) is 6.42 Å². The molecule has 1 heterocycles. The van der Waals surface area contributed by atoms with E-state index in [9.17, 15) is 4.79 Å². The average Bonchev–Trinajstić information content (AvgIpc) is 1.82. The molecule has 46 valence electrons. The monoisotopic (exact) mass is 242 g/mol. The number of ether oxygens (including phenoxy) is 1. The van der Waals surface area contributed by atoms with Gasteiger partial charge in [-0.25, -0.2) is 0 Å². The number of carbonyl (C=O) groups excluding carboxylic acids is 1. The van der Waals surface area contributed by atoms with Crippen molar-refractivity contribution in [3.63, 3.8) is 0 Å². The summed E-state index contributed by atoms with van der Waals surface area (Å²) >= 11 is 6.31. The molecule has 0 atom stereocenters. The van der Waals surface area contributed by atoms with Crippen molar-refractivity contribution in [3.05, 3.63) is 0 Å². The van der Waals surface area contributed by atoms with Crippen LogP contribution in [0.2, 0.25) is 0 Å². The fourth-order valence-corrected chi connectivity index (χ4v) is 1.27. The van der Waals surface area contributed by atoms with Gasteiger partial charge in [0.05, 0.1) is 6.42 Å². The van der Waals surface area contributed by atoms with Crippen molar-refractivity contribution >= 4 is 37.8 Å². The van der Waals surface area contributed by atoms with E-state index >= 15 is 0 Å². The van der Waals surface area contributed by atoms with Gasteiger partial charge >= 0.3 is 5.97 Å². The molecule has 0 amide bonds. The minimum atomic E-state index is -0.558. The number of rotatable bonds is 0. The fourth-order valence-electron chi connectivity index (χ4n) is 0.516. The zero-order valence-corrected chi connectivity index (χ0v) is 7.16. The van der Waals surface area contributed by atoms with Gasteiger partial charge in [0.2, 0.25) is 3.42 Å². The molecule has 0 bridgehead atoms. The first kappa shape index (κ1) is 6.55. The summed E-state index contributed by atoms with van der Waals surface area (Å²) in [6.07, 6.45) is 1.20. The second-order valence-electron chi connectivity index (χ2n) is 1.61. The van der Waals surface area contributed by atoms with Crippen molar-refractivity contribution in [2.24, 2.45) is 0 Å². The number of halogens is 2. The van der Waals surface area contributed by atoms with Crippen LogP contribution < -0.4 is 0 Å². The Morgan fingerprint density at radius 2 is 2.25 bits per heavy atom. The van der Waals surface area contributed by atoms with E-state index in [0.717, 1.165) is 0 Å². The maximum atomic E-state index is 10.4. The fraction of sp³-hybridized carbons (Fsp3) is 0.750. The van der Waals surface area contributed by atoms with E-state index in [2.05, 4.69) is 31.9 Å². The summed E-state index contributed by atoms with van der Waals surface area (Å²) in [5.74, 6) is -0.154. The largest absolute Gasteiger partial charge is 0.437 e. The molecule has 0 unspecified atom stereocenters. The zero-order chi connectivity index (χ0) is 6.20. The molecular formula is C4H4Br2O2. The van der Waals surface area contributed by atoms with Gasteiger partial charge in [-0.1, -0.05) is 0 Å². The van der Waals surface area contributed by atoms with Crippen LogP contribution in [0.25, 0.3) is 0 Å². The lowest BCUT2D eigenvalue weighted by atomic mass is 10.4. The molecule has 1 fully saturated rings. The van der Waals surface area contributed by atoms with Crippen molar-refractivity contribution < 1.29 is 9.53 Å². The Kier molecular flexibility index (Phi) is 1.63. The number of hydrogen-bond donors (Lipinski definition) is 0. The molecular weight excluding hydrogens is 240 g/mol. The van der Waals surface area contributed by atoms with E-state index in [1.807, 2.05) is 0 Å². The van der Waals surface area contributed by atoms with E-state index in [-0.39, 0.29) is 5.97 Å². The van der Waals surface area contributed by atoms with Gasteiger partial charge in [0.1, 0.15) is 0 Å². The second kappa shape index (κ2) is 1.99. The Bertz CT molecular complexity index is 121. The van der Waals surface area contributed by atoms with Crippen LogP contribution in [0.3, 0.4) is 0 Å². The third kappa shape index (κ3) is 1.45. The van der Waals surface area contributed by atoms with E-state index in [4.69, 9.17) is 4.74 Å². The lowest BCUT2D eigenvalue weighted by Crippen LogP contribution is -2.08. The third-order valence-electron chi connectivity index (χ3n) is 0.883. The van der Waals surface area contributed by atoms with Crippen molar-refractivity contribution in [2.75, 3.05) is 0 Å². The summed E-state index contributed by atoms with van der Waals surface area (Å²) in [5.41, 5.74) is 0. The standard InChI is InChI=1S/C4H4Br2O2/c5-4(6)2-1-3(7)8-4/h1-2H2. The van der Waals surface area contributed by atoms with E-state index in [0.29, 0.717) is 12.8 Å². The number of hydrogen-bond acceptors (Lipinski definition) is 2. The number of esters is 1. The molecule has 0 aromatic heterocycles. The number of cyclic esters (lactones) is 1. The normalized spacial score (nSPS) is 25.5. The molecule has 0 aliphatic carbocycles. The highest BCUT2D eigenvalue weighted by Crippen LogP contribution is 2.38. The minimum absolute atomic E-state index is 0.154. The van der Waals surface area contributed by atoms with E-state index < -0.39 is 3.42 Å². The van der Waals surface area contributed by atoms with Crippen LogP contribution >= 0.6 is 31.9 Å². The lowest BCUT2D eigenvalue weighted by Gasteiger charge is -2.08. The third-order valence-corrected chi connectivity index (χ3v) is 2.00. The molecule has 4 heteroatoms. The zero-order valence-electron chi connectivity index (χ0n) is 3.99. The maximum absolute atomic E-state index is 10.4. The molecule has 1 aliphatic rings. The van der Waals surface area contributed by atoms with Crippen LogP contribution in [-0.4, -0.2) is 9.39 Å². The predicted octanol–water partition coefficient (Wildman–Crippen LogP) is 1.77. The molecule has 0 spiro atoms. The Labute approximate surface area is 63.8 Å². The molecule has 8 heavy (non-hydrogen) atoms. The van der Waals surface area contributed by atoms with Crippen molar-refractivity contribution in [3.8, 4) is 0 Å². The van der Waals surface area contributed by atoms with Crippen LogP contribution in [0, 0.1) is 0 Å². The summed E-state index contributed by atoms with van der Waals surface area (Å²) in [5, 5.41) is 0. The molecule has 0 saturated carbocycles. The molecule has 0 radical (unpaired) electrons. The van der Waals surface area contributed by atoms with Crippen LogP contribution in [-0.2, 0) is 9.53 Å². The van der Waals surface area contributed by atoms with Gasteiger partial charge in [0.15, 0.2) is 0 Å². The lowest BCUT2D eigenvalue weighted by molar-refractivity contribution is -0.139. The molecule has 1 aliphatic heterocycles. The number of carbonyl (C=O) groups is 1. The van der Waals surface area contributed by atoms with Crippen molar-refractivity contribution in [2.45, 2.75) is 16.3 Å². The van der Waals surface area contributed by atoms with Gasteiger partial charge in [-0.05, 0) is 31.9 Å². The summed E-state index contributed by atoms with van der Waals surface area (Å²) in [6.45, 7) is 0. The first-order valence-electron chi connectivity index (χ1n) is 2.20. The Hall–Kier alpha value is 0.430. The molecule has 0 N–H and O–H groups in total. The van der Waals surface area contributed by atoms with Gasteiger partial charge < -0.3 is 4.74 Å². The van der Waals surface area contributed by atoms with Gasteiger partial charge in [0.25, 0.3) is 0 Å². The minimum Gasteiger partial charge on any atom is -0.437 e. The topological polar surface area (TPSA) is 26.3 Å². The molecule has 0 aromatic carbocycles. The van der Waals surface area contributed by atoms with Crippen LogP contribution in [0.1, 0.15) is 12.8 Å². The van der Waals surface area contributed by atoms with Crippen molar-refractivity contribution in [1.82, 2.24) is 0 Å². The molecule has 2 nitrogen and oxygen atoms in total. The molecule has 0 aromatic rings. The second-order valence-corrected chi connectivity index (χ2v) is 5.24. The van der Waals surface area contributed by atoms with Crippen LogP contribution in [0.15, 0.2) is 0 Å². The summed E-state index contributed by atoms with van der Waals surface area (Å²) in [7, 11) is 0. The highest BCUT2D eigenvalue weighted by Gasteiger charge is 2.34. The van der Waals surface area contributed by atoms with Gasteiger partial charge in [-0.2, -0.15) is 0 Å². The molecule has 1 rings (SSSR count). The Morgan fingerprint density at radius 1 is 1.62 bits per heavy atom.